The molecule has 4 nitrogen and oxygen atoms in total. The Balaban J connectivity index is 1.28. The Morgan fingerprint density at radius 2 is 1.58 bits per heavy atom. The summed E-state index contributed by atoms with van der Waals surface area (Å²) in [7, 11) is 0. The molecule has 4 saturated carbocycles. The van der Waals surface area contributed by atoms with Crippen molar-refractivity contribution in [1.29, 1.82) is 0 Å². The number of aliphatic hydroxyl groups is 2. The average Bonchev–Trinajstić information content (AvgIpc) is 3.17. The van der Waals surface area contributed by atoms with E-state index in [9.17, 15) is 10.2 Å². The lowest BCUT2D eigenvalue weighted by atomic mass is 9.43. The van der Waals surface area contributed by atoms with Crippen LogP contribution in [0.5, 0.6) is 0 Å². The van der Waals surface area contributed by atoms with Crippen molar-refractivity contribution in [3.05, 3.63) is 0 Å². The molecular formula is C27H44O4. The zero-order valence-electron chi connectivity index (χ0n) is 20.1. The molecule has 2 saturated heterocycles. The number of rotatable bonds is 0. The van der Waals surface area contributed by atoms with Crippen LogP contribution in [-0.2, 0) is 9.47 Å². The van der Waals surface area contributed by atoms with Gasteiger partial charge < -0.3 is 19.7 Å². The summed E-state index contributed by atoms with van der Waals surface area (Å²) in [5.41, 5.74) is 0.495. The highest BCUT2D eigenvalue weighted by atomic mass is 16.7. The molecule has 6 fully saturated rings. The second-order valence-corrected chi connectivity index (χ2v) is 13.2. The second kappa shape index (κ2) is 6.93. The summed E-state index contributed by atoms with van der Waals surface area (Å²) < 4.78 is 13.3. The van der Waals surface area contributed by atoms with E-state index in [1.54, 1.807) is 0 Å². The molecule has 6 aliphatic rings. The predicted octanol–water partition coefficient (Wildman–Crippen LogP) is 4.76. The van der Waals surface area contributed by atoms with Crippen LogP contribution in [0.15, 0.2) is 0 Å². The molecule has 2 N–H and O–H groups in total. The van der Waals surface area contributed by atoms with Gasteiger partial charge in [0.25, 0.3) is 0 Å². The molecule has 0 aromatic rings. The Labute approximate surface area is 188 Å². The van der Waals surface area contributed by atoms with Crippen LogP contribution < -0.4 is 0 Å². The zero-order chi connectivity index (χ0) is 21.8. The van der Waals surface area contributed by atoms with Gasteiger partial charge in [0.05, 0.1) is 24.9 Å². The minimum absolute atomic E-state index is 0.191. The minimum atomic E-state index is -0.338. The van der Waals surface area contributed by atoms with Gasteiger partial charge in [-0.05, 0) is 97.7 Å². The van der Waals surface area contributed by atoms with E-state index in [0.717, 1.165) is 45.1 Å². The fourth-order valence-electron chi connectivity index (χ4n) is 10.3. The first-order valence-electron chi connectivity index (χ1n) is 13.4. The largest absolute Gasteiger partial charge is 0.393 e. The first kappa shape index (κ1) is 21.4. The van der Waals surface area contributed by atoms with Gasteiger partial charge in [-0.2, -0.15) is 0 Å². The van der Waals surface area contributed by atoms with Crippen LogP contribution in [0.4, 0.5) is 0 Å². The van der Waals surface area contributed by atoms with Gasteiger partial charge in [0, 0.05) is 12.3 Å². The maximum atomic E-state index is 11.2. The highest BCUT2D eigenvalue weighted by Gasteiger charge is 2.69. The van der Waals surface area contributed by atoms with Crippen LogP contribution >= 0.6 is 0 Å². The topological polar surface area (TPSA) is 58.9 Å². The lowest BCUT2D eigenvalue weighted by Crippen LogP contribution is -2.58. The van der Waals surface area contributed by atoms with Crippen LogP contribution in [0, 0.1) is 52.3 Å². The van der Waals surface area contributed by atoms with Gasteiger partial charge in [-0.3, -0.25) is 0 Å². The van der Waals surface area contributed by atoms with E-state index in [-0.39, 0.29) is 29.3 Å². The summed E-state index contributed by atoms with van der Waals surface area (Å²) in [5, 5.41) is 21.5. The molecule has 2 aliphatic heterocycles. The van der Waals surface area contributed by atoms with E-state index in [1.807, 2.05) is 0 Å². The minimum Gasteiger partial charge on any atom is -0.393 e. The van der Waals surface area contributed by atoms with Crippen molar-refractivity contribution in [2.45, 2.75) is 110 Å². The highest BCUT2D eigenvalue weighted by molar-refractivity contribution is 5.16. The summed E-state index contributed by atoms with van der Waals surface area (Å²) in [6.07, 6.45) is 9.58. The van der Waals surface area contributed by atoms with Crippen LogP contribution in [0.2, 0.25) is 0 Å². The van der Waals surface area contributed by atoms with Crippen LogP contribution in [0.25, 0.3) is 0 Å². The predicted molar refractivity (Wildman–Crippen MR) is 119 cm³/mol. The normalized spacial score (nSPS) is 63.3. The Kier molecular flexibility index (Phi) is 4.78. The summed E-state index contributed by atoms with van der Waals surface area (Å²) in [6.45, 7) is 10.6. The van der Waals surface area contributed by atoms with Gasteiger partial charge in [-0.25, -0.2) is 0 Å². The van der Waals surface area contributed by atoms with Crippen LogP contribution in [-0.4, -0.2) is 40.9 Å². The maximum Gasteiger partial charge on any atom is 0.171 e. The molecule has 4 heteroatoms. The molecule has 6 rings (SSSR count). The van der Waals surface area contributed by atoms with Gasteiger partial charge >= 0.3 is 0 Å². The Hall–Kier alpha value is -0.160. The fraction of sp³-hybridized carbons (Fsp3) is 1.00. The Morgan fingerprint density at radius 1 is 0.806 bits per heavy atom. The molecule has 0 bridgehead atoms. The van der Waals surface area contributed by atoms with Crippen molar-refractivity contribution in [2.24, 2.45) is 52.3 Å². The molecule has 4 aliphatic carbocycles. The molecular weight excluding hydrogens is 388 g/mol. The molecule has 31 heavy (non-hydrogen) atoms. The third kappa shape index (κ3) is 2.80. The van der Waals surface area contributed by atoms with E-state index in [4.69, 9.17) is 9.47 Å². The van der Waals surface area contributed by atoms with Gasteiger partial charge in [-0.1, -0.05) is 27.7 Å². The third-order valence-electron chi connectivity index (χ3n) is 11.9. The van der Waals surface area contributed by atoms with Crippen molar-refractivity contribution in [2.75, 3.05) is 6.61 Å². The number of ether oxygens (including phenoxy) is 2. The molecule has 2 heterocycles. The van der Waals surface area contributed by atoms with E-state index in [0.29, 0.717) is 47.0 Å². The number of aliphatic hydroxyl groups excluding tert-OH is 2. The number of hydrogen-bond acceptors (Lipinski definition) is 4. The molecule has 1 spiro atoms. The smallest absolute Gasteiger partial charge is 0.171 e. The SMILES string of the molecule is C[C@@H]1CC[C@@]2(OC1)O[C@H]1C[C@H]3[C@@H]4C[C@@H](O)[C@@H]5C[C@@H](O)CC[C@]5(C)[C@H]4CC[C@]3(C)[C@H]1[C@@H]2C. The summed E-state index contributed by atoms with van der Waals surface area (Å²) in [6, 6.07) is 0. The van der Waals surface area contributed by atoms with Crippen molar-refractivity contribution in [3.8, 4) is 0 Å². The zero-order valence-corrected chi connectivity index (χ0v) is 20.1. The lowest BCUT2D eigenvalue weighted by Gasteiger charge is -2.62. The average molecular weight is 433 g/mol. The van der Waals surface area contributed by atoms with E-state index in [1.165, 1.54) is 19.3 Å². The molecule has 0 aromatic heterocycles. The van der Waals surface area contributed by atoms with Crippen LogP contribution in [0.1, 0.15) is 85.5 Å². The van der Waals surface area contributed by atoms with Gasteiger partial charge in [0.1, 0.15) is 0 Å². The first-order chi connectivity index (χ1) is 14.7. The summed E-state index contributed by atoms with van der Waals surface area (Å²) in [4.78, 5) is 0. The van der Waals surface area contributed by atoms with Gasteiger partial charge in [0.15, 0.2) is 5.79 Å². The molecule has 0 amide bonds. The van der Waals surface area contributed by atoms with E-state index >= 15 is 0 Å². The number of hydrogen-bond donors (Lipinski definition) is 2. The quantitative estimate of drug-likeness (QED) is 0.579. The van der Waals surface area contributed by atoms with Crippen molar-refractivity contribution in [3.63, 3.8) is 0 Å². The summed E-state index contributed by atoms with van der Waals surface area (Å²) in [5.74, 6) is 3.58. The standard InChI is InChI=1S/C27H44O4/c1-15-5-10-27(30-14-15)16(2)24-23(31-27)13-20-18-12-22(29)21-11-17(28)6-8-25(21,3)19(18)7-9-26(20,24)4/h15-24,28-29H,5-14H2,1-4H3/t15-,16+,17+,18-,19+,20+,21+,22-,23+,24+,25-,26+,27-/m1/s1. The number of fused-ring (bicyclic) bond motifs is 7. The van der Waals surface area contributed by atoms with Gasteiger partial charge in [-0.15, -0.1) is 0 Å². The second-order valence-electron chi connectivity index (χ2n) is 13.2. The van der Waals surface area contributed by atoms with Crippen molar-refractivity contribution < 1.29 is 19.7 Å². The molecule has 13 atom stereocenters. The van der Waals surface area contributed by atoms with E-state index < -0.39 is 0 Å². The molecule has 0 unspecified atom stereocenters. The monoisotopic (exact) mass is 432 g/mol. The van der Waals surface area contributed by atoms with Crippen molar-refractivity contribution in [1.82, 2.24) is 0 Å². The first-order valence-corrected chi connectivity index (χ1v) is 13.4. The van der Waals surface area contributed by atoms with Gasteiger partial charge in [0.2, 0.25) is 0 Å². The maximum absolute atomic E-state index is 11.2. The lowest BCUT2D eigenvalue weighted by molar-refractivity contribution is -0.273. The Morgan fingerprint density at radius 3 is 2.32 bits per heavy atom. The summed E-state index contributed by atoms with van der Waals surface area (Å²) >= 11 is 0. The Bertz CT molecular complexity index is 716. The highest BCUT2D eigenvalue weighted by Crippen LogP contribution is 2.71. The molecule has 0 radical (unpaired) electrons. The molecule has 0 aromatic carbocycles. The van der Waals surface area contributed by atoms with Crippen molar-refractivity contribution >= 4 is 0 Å². The molecule has 176 valence electrons. The van der Waals surface area contributed by atoms with E-state index in [2.05, 4.69) is 27.7 Å². The fourth-order valence-corrected chi connectivity index (χ4v) is 10.3. The third-order valence-corrected chi connectivity index (χ3v) is 11.9. The van der Waals surface area contributed by atoms with Crippen LogP contribution in [0.3, 0.4) is 0 Å².